The number of methoxy groups -OCH3 is 2. The molecule has 2 aliphatic heterocycles. The third kappa shape index (κ3) is 10.7. The molecule has 2 aliphatic rings. The van der Waals surface area contributed by atoms with Gasteiger partial charge >= 0.3 is 12.0 Å². The summed E-state index contributed by atoms with van der Waals surface area (Å²) >= 11 is 3.12. The third-order valence-electron chi connectivity index (χ3n) is 9.33. The number of hydrogen-bond donors (Lipinski definition) is 4. The molecule has 0 radical (unpaired) electrons. The van der Waals surface area contributed by atoms with Crippen molar-refractivity contribution in [2.45, 2.75) is 19.8 Å². The van der Waals surface area contributed by atoms with Gasteiger partial charge in [-0.3, -0.25) is 0 Å². The highest BCUT2D eigenvalue weighted by atomic mass is 79.9. The lowest BCUT2D eigenvalue weighted by atomic mass is 10.0. The first-order chi connectivity index (χ1) is 28.1. The van der Waals surface area contributed by atoms with Crippen LogP contribution in [-0.2, 0) is 0 Å². The Hall–Kier alpha value is -6.88. The monoisotopic (exact) mass is 844 g/mol. The topological polar surface area (TPSA) is 232 Å². The van der Waals surface area contributed by atoms with Crippen molar-refractivity contribution in [3.8, 4) is 34.3 Å². The molecule has 0 unspecified atom stereocenters. The van der Waals surface area contributed by atoms with Crippen LogP contribution < -0.4 is 42.2 Å². The molecule has 0 spiro atoms. The number of halogens is 1. The Balaban J connectivity index is 0.000000165. The minimum absolute atomic E-state index is 0.190. The van der Waals surface area contributed by atoms with Crippen molar-refractivity contribution in [1.29, 1.82) is 0 Å². The van der Waals surface area contributed by atoms with E-state index < -0.39 is 0 Å². The fourth-order valence-corrected chi connectivity index (χ4v) is 6.30. The van der Waals surface area contributed by atoms with E-state index >= 15 is 0 Å². The summed E-state index contributed by atoms with van der Waals surface area (Å²) in [6.45, 7) is 5.90. The summed E-state index contributed by atoms with van der Waals surface area (Å²) in [6.07, 6.45) is 16.8. The average molecular weight is 846 g/mol. The molecule has 0 saturated heterocycles. The maximum absolute atomic E-state index is 6.00. The van der Waals surface area contributed by atoms with Crippen LogP contribution in [0.15, 0.2) is 108 Å². The summed E-state index contributed by atoms with van der Waals surface area (Å²) < 4.78 is 10.7. The van der Waals surface area contributed by atoms with Crippen molar-refractivity contribution in [2.75, 3.05) is 73.1 Å². The maximum Gasteiger partial charge on any atom is 0.316 e. The van der Waals surface area contributed by atoms with Gasteiger partial charge in [0, 0.05) is 91.4 Å². The van der Waals surface area contributed by atoms with E-state index in [-0.39, 0.29) is 11.9 Å². The van der Waals surface area contributed by atoms with Crippen molar-refractivity contribution < 1.29 is 9.47 Å². The summed E-state index contributed by atoms with van der Waals surface area (Å²) in [4.78, 5) is 36.9. The Kier molecular flexibility index (Phi) is 13.6. The molecule has 4 aromatic heterocycles. The predicted molar refractivity (Wildman–Crippen MR) is 233 cm³/mol. The van der Waals surface area contributed by atoms with Gasteiger partial charge in [0.25, 0.3) is 0 Å². The standard InChI is InChI=1S/C20H21N7O.C17H19N3O.C4H5BrN4/c1-28-20-24-10-15(11-25-20)14-3-2-4-16(9-14)27-7-5-13(6-8-27)17-12-23-19(22)26-18(17)21;1-13-6-8-20(9-7-13)16-5-3-4-14(10-16)15-11-18-17(21-2)19-12-15;5-2-1-8-4(7)9-3(2)6/h2-5,9-12H,6-8H2,1H3,(H4,21,22,23,26);3-6,10-12H,7-9H2,1-2H3;1H,(H4,6,7,8,9). The highest BCUT2D eigenvalue weighted by Crippen LogP contribution is 2.31. The summed E-state index contributed by atoms with van der Waals surface area (Å²) in [5.41, 5.74) is 32.1. The second-order valence-corrected chi connectivity index (χ2v) is 14.0. The number of anilines is 6. The van der Waals surface area contributed by atoms with Gasteiger partial charge in [-0.2, -0.15) is 9.97 Å². The lowest BCUT2D eigenvalue weighted by Crippen LogP contribution is -2.28. The highest BCUT2D eigenvalue weighted by molar-refractivity contribution is 9.10. The average Bonchev–Trinajstić information content (AvgIpc) is 3.26. The van der Waals surface area contributed by atoms with Crippen LogP contribution in [0.3, 0.4) is 0 Å². The molecule has 298 valence electrons. The number of aromatic nitrogens is 8. The number of nitrogens with two attached hydrogens (primary N) is 4. The molecule has 0 saturated carbocycles. The fraction of sp³-hybridized carbons (Fsp3) is 0.220. The molecular formula is C41H45BrN14O2. The Morgan fingerprint density at radius 1 is 0.586 bits per heavy atom. The molecule has 0 fully saturated rings. The van der Waals surface area contributed by atoms with Crippen LogP contribution in [0.25, 0.3) is 27.8 Å². The lowest BCUT2D eigenvalue weighted by molar-refractivity contribution is 0.379. The van der Waals surface area contributed by atoms with Gasteiger partial charge in [-0.15, -0.1) is 0 Å². The number of ether oxygens (including phenoxy) is 2. The summed E-state index contributed by atoms with van der Waals surface area (Å²) in [6, 6.07) is 17.6. The van der Waals surface area contributed by atoms with Gasteiger partial charge in [0.05, 0.1) is 18.7 Å². The molecule has 16 nitrogen and oxygen atoms in total. The second-order valence-electron chi connectivity index (χ2n) is 13.2. The van der Waals surface area contributed by atoms with Crippen molar-refractivity contribution in [3.63, 3.8) is 0 Å². The molecule has 6 heterocycles. The van der Waals surface area contributed by atoms with Crippen LogP contribution in [0.5, 0.6) is 12.0 Å². The van der Waals surface area contributed by atoms with Crippen molar-refractivity contribution in [2.24, 2.45) is 0 Å². The van der Waals surface area contributed by atoms with E-state index in [0.29, 0.717) is 28.1 Å². The van der Waals surface area contributed by atoms with Gasteiger partial charge in [-0.05, 0) is 76.7 Å². The largest absolute Gasteiger partial charge is 0.467 e. The molecule has 17 heteroatoms. The van der Waals surface area contributed by atoms with Gasteiger partial charge in [0.15, 0.2) is 0 Å². The quantitative estimate of drug-likeness (QED) is 0.133. The number of rotatable bonds is 7. The zero-order chi connectivity index (χ0) is 41.0. The minimum Gasteiger partial charge on any atom is -0.467 e. The van der Waals surface area contributed by atoms with Gasteiger partial charge < -0.3 is 42.2 Å². The summed E-state index contributed by atoms with van der Waals surface area (Å²) in [7, 11) is 3.12. The number of nitrogens with zero attached hydrogens (tertiary/aromatic N) is 10. The highest BCUT2D eigenvalue weighted by Gasteiger charge is 2.17. The Morgan fingerprint density at radius 2 is 1.09 bits per heavy atom. The van der Waals surface area contributed by atoms with Gasteiger partial charge in [-0.1, -0.05) is 42.0 Å². The Bertz CT molecular complexity index is 2380. The SMILES string of the molecule is COc1ncc(-c2cccc(N3CC=C(C)CC3)c2)cn1.COc1ncc(-c2cccc(N3CC=C(c4cnc(N)nc4N)CC3)c2)cn1.Nc1ncc(Br)c(N)n1. The van der Waals surface area contributed by atoms with Gasteiger partial charge in [0.2, 0.25) is 11.9 Å². The summed E-state index contributed by atoms with van der Waals surface area (Å²) in [5.74, 6) is 1.17. The number of benzene rings is 2. The second kappa shape index (κ2) is 19.3. The molecule has 0 aliphatic carbocycles. The van der Waals surface area contributed by atoms with Gasteiger partial charge in [-0.25, -0.2) is 29.9 Å². The molecule has 8 N–H and O–H groups in total. The summed E-state index contributed by atoms with van der Waals surface area (Å²) in [5, 5.41) is 0. The van der Waals surface area contributed by atoms with E-state index in [2.05, 4.69) is 121 Å². The zero-order valence-electron chi connectivity index (χ0n) is 32.5. The first-order valence-electron chi connectivity index (χ1n) is 18.3. The normalized spacial score (nSPS) is 13.5. The molecule has 6 aromatic rings. The van der Waals surface area contributed by atoms with E-state index in [1.807, 2.05) is 12.1 Å². The lowest BCUT2D eigenvalue weighted by Gasteiger charge is -2.29. The van der Waals surface area contributed by atoms with Crippen LogP contribution in [-0.4, -0.2) is 80.3 Å². The molecule has 0 atom stereocenters. The minimum atomic E-state index is 0.190. The molecule has 0 amide bonds. The number of nitrogen functional groups attached to an aromatic ring is 4. The smallest absolute Gasteiger partial charge is 0.316 e. The van der Waals surface area contributed by atoms with Crippen LogP contribution >= 0.6 is 15.9 Å². The van der Waals surface area contributed by atoms with Crippen LogP contribution in [0.2, 0.25) is 0 Å². The van der Waals surface area contributed by atoms with Gasteiger partial charge in [0.1, 0.15) is 11.6 Å². The molecule has 8 rings (SSSR count). The first-order valence-corrected chi connectivity index (χ1v) is 19.1. The molecule has 2 aromatic carbocycles. The molecule has 0 bridgehead atoms. The van der Waals surface area contributed by atoms with E-state index in [9.17, 15) is 0 Å². The van der Waals surface area contributed by atoms with E-state index in [1.54, 1.807) is 45.2 Å². The third-order valence-corrected chi connectivity index (χ3v) is 9.94. The number of hydrogen-bond acceptors (Lipinski definition) is 16. The first kappa shape index (κ1) is 40.8. The Morgan fingerprint density at radius 3 is 1.52 bits per heavy atom. The fourth-order valence-electron chi connectivity index (χ4n) is 6.11. The van der Waals surface area contributed by atoms with Crippen LogP contribution in [0.1, 0.15) is 25.3 Å². The van der Waals surface area contributed by atoms with Crippen molar-refractivity contribution in [3.05, 3.63) is 113 Å². The van der Waals surface area contributed by atoms with E-state index in [0.717, 1.165) is 78.1 Å². The zero-order valence-corrected chi connectivity index (χ0v) is 34.0. The van der Waals surface area contributed by atoms with E-state index in [4.69, 9.17) is 32.4 Å². The van der Waals surface area contributed by atoms with Crippen molar-refractivity contribution >= 4 is 56.4 Å². The predicted octanol–water partition coefficient (Wildman–Crippen LogP) is 6.11. The maximum atomic E-state index is 6.00. The van der Waals surface area contributed by atoms with Crippen molar-refractivity contribution in [1.82, 2.24) is 39.9 Å². The van der Waals surface area contributed by atoms with Crippen LogP contribution in [0, 0.1) is 0 Å². The Labute approximate surface area is 345 Å². The molecule has 58 heavy (non-hydrogen) atoms. The van der Waals surface area contributed by atoms with E-state index in [1.165, 1.54) is 17.5 Å². The van der Waals surface area contributed by atoms with Crippen LogP contribution in [0.4, 0.5) is 34.9 Å². The molecular weight excluding hydrogens is 800 g/mol.